The largest absolute Gasteiger partial charge is 0.462 e. The van der Waals surface area contributed by atoms with E-state index in [2.05, 4.69) is 27.7 Å². The number of unbranched alkanes of at least 4 members (excludes halogenated alkanes) is 13. The molecule has 0 rings (SSSR count). The van der Waals surface area contributed by atoms with Gasteiger partial charge in [0.15, 0.2) is 0 Å². The first-order valence-electron chi connectivity index (χ1n) is 14.2. The van der Waals surface area contributed by atoms with Gasteiger partial charge in [0, 0.05) is 11.1 Å². The molecule has 0 spiro atoms. The summed E-state index contributed by atoms with van der Waals surface area (Å²) in [7, 11) is 0. The van der Waals surface area contributed by atoms with Crippen LogP contribution in [0, 0.1) is 0 Å². The van der Waals surface area contributed by atoms with Gasteiger partial charge >= 0.3 is 11.9 Å². The van der Waals surface area contributed by atoms with Crippen LogP contribution in [0.25, 0.3) is 0 Å². The van der Waals surface area contributed by atoms with E-state index in [1.807, 2.05) is 0 Å². The molecule has 0 aliphatic rings. The van der Waals surface area contributed by atoms with Gasteiger partial charge in [0.2, 0.25) is 0 Å². The third-order valence-electron chi connectivity index (χ3n) is 6.13. The molecule has 0 fully saturated rings. The Labute approximate surface area is 205 Å². The van der Waals surface area contributed by atoms with Crippen LogP contribution in [-0.4, -0.2) is 25.2 Å². The van der Waals surface area contributed by atoms with Crippen LogP contribution in [0.5, 0.6) is 0 Å². The second-order valence-electron chi connectivity index (χ2n) is 9.33. The zero-order chi connectivity index (χ0) is 24.6. The first-order valence-corrected chi connectivity index (χ1v) is 14.2. The Morgan fingerprint density at radius 2 is 0.758 bits per heavy atom. The van der Waals surface area contributed by atoms with Crippen LogP contribution >= 0.6 is 0 Å². The van der Waals surface area contributed by atoms with Crippen LogP contribution in [0.1, 0.15) is 150 Å². The van der Waals surface area contributed by atoms with Gasteiger partial charge in [-0.05, 0) is 38.5 Å². The molecule has 0 aromatic rings. The molecular weight excluding hydrogens is 412 g/mol. The maximum absolute atomic E-state index is 13.0. The molecule has 0 atom stereocenters. The maximum Gasteiger partial charge on any atom is 0.334 e. The Hall–Kier alpha value is -1.32. The predicted molar refractivity (Wildman–Crippen MR) is 139 cm³/mol. The van der Waals surface area contributed by atoms with Gasteiger partial charge in [0.25, 0.3) is 0 Å². The number of hydrogen-bond acceptors (Lipinski definition) is 4. The summed E-state index contributed by atoms with van der Waals surface area (Å²) >= 11 is 0. The van der Waals surface area contributed by atoms with E-state index in [1.54, 1.807) is 0 Å². The lowest BCUT2D eigenvalue weighted by Gasteiger charge is -2.15. The van der Waals surface area contributed by atoms with Gasteiger partial charge in [-0.3, -0.25) is 0 Å². The molecule has 194 valence electrons. The summed E-state index contributed by atoms with van der Waals surface area (Å²) in [5, 5.41) is 0. The molecule has 0 bridgehead atoms. The minimum Gasteiger partial charge on any atom is -0.462 e. The molecule has 33 heavy (non-hydrogen) atoms. The van der Waals surface area contributed by atoms with Crippen LogP contribution < -0.4 is 0 Å². The van der Waals surface area contributed by atoms with E-state index in [0.29, 0.717) is 37.2 Å². The summed E-state index contributed by atoms with van der Waals surface area (Å²) in [5.41, 5.74) is 1.13. The highest BCUT2D eigenvalue weighted by molar-refractivity contribution is 6.00. The van der Waals surface area contributed by atoms with Crippen molar-refractivity contribution < 1.29 is 19.1 Å². The molecule has 4 heteroatoms. The molecule has 0 amide bonds. The monoisotopic (exact) mass is 466 g/mol. The van der Waals surface area contributed by atoms with Gasteiger partial charge in [-0.1, -0.05) is 111 Å². The lowest BCUT2D eigenvalue weighted by atomic mass is 9.97. The quantitative estimate of drug-likeness (QED) is 0.0857. The Morgan fingerprint density at radius 1 is 0.424 bits per heavy atom. The van der Waals surface area contributed by atoms with Gasteiger partial charge in [-0.25, -0.2) is 9.59 Å². The SMILES string of the molecule is CCCCCCCCOC(=O)/C(CCCC)=C(/CCCCC)C(=O)OCCCCCCCC. The van der Waals surface area contributed by atoms with Gasteiger partial charge in [-0.2, -0.15) is 0 Å². The van der Waals surface area contributed by atoms with Gasteiger partial charge in [0.05, 0.1) is 13.2 Å². The Morgan fingerprint density at radius 3 is 1.18 bits per heavy atom. The summed E-state index contributed by atoms with van der Waals surface area (Å²) in [6.07, 6.45) is 19.9. The molecule has 0 heterocycles. The average molecular weight is 467 g/mol. The first kappa shape index (κ1) is 31.7. The van der Waals surface area contributed by atoms with Crippen molar-refractivity contribution in [2.24, 2.45) is 0 Å². The van der Waals surface area contributed by atoms with E-state index >= 15 is 0 Å². The third-order valence-corrected chi connectivity index (χ3v) is 6.13. The van der Waals surface area contributed by atoms with E-state index in [9.17, 15) is 9.59 Å². The highest BCUT2D eigenvalue weighted by atomic mass is 16.5. The van der Waals surface area contributed by atoms with Gasteiger partial charge < -0.3 is 9.47 Å². The summed E-state index contributed by atoms with van der Waals surface area (Å²) in [6.45, 7) is 9.55. The lowest BCUT2D eigenvalue weighted by molar-refractivity contribution is -0.142. The van der Waals surface area contributed by atoms with Crippen LogP contribution in [0.3, 0.4) is 0 Å². The Kier molecular flexibility index (Phi) is 22.9. The van der Waals surface area contributed by atoms with Crippen LogP contribution in [0.2, 0.25) is 0 Å². The van der Waals surface area contributed by atoms with Crippen LogP contribution in [0.4, 0.5) is 0 Å². The molecule has 0 aromatic carbocycles. The number of hydrogen-bond donors (Lipinski definition) is 0. The molecule has 0 aliphatic heterocycles. The van der Waals surface area contributed by atoms with Crippen LogP contribution in [-0.2, 0) is 19.1 Å². The summed E-state index contributed by atoms with van der Waals surface area (Å²) in [5.74, 6) is -0.609. The first-order chi connectivity index (χ1) is 16.1. The molecular formula is C29H54O4. The zero-order valence-electron chi connectivity index (χ0n) is 22.5. The smallest absolute Gasteiger partial charge is 0.334 e. The second-order valence-corrected chi connectivity index (χ2v) is 9.33. The third kappa shape index (κ3) is 17.8. The zero-order valence-corrected chi connectivity index (χ0v) is 22.5. The molecule has 0 radical (unpaired) electrons. The standard InChI is InChI=1S/C29H54O4/c1-5-9-13-15-17-20-24-32-28(30)26(22-12-8-4)27(23-19-11-7-3)29(31)33-25-21-18-16-14-10-6-2/h5-25H2,1-4H3/b27-26-. The summed E-state index contributed by atoms with van der Waals surface area (Å²) in [4.78, 5) is 25.9. The topological polar surface area (TPSA) is 52.6 Å². The van der Waals surface area contributed by atoms with Crippen molar-refractivity contribution >= 4 is 11.9 Å². The molecule has 0 aromatic heterocycles. The number of rotatable bonds is 23. The van der Waals surface area contributed by atoms with E-state index in [4.69, 9.17) is 9.47 Å². The summed E-state index contributed by atoms with van der Waals surface area (Å²) < 4.78 is 11.2. The fourth-order valence-electron chi connectivity index (χ4n) is 3.93. The van der Waals surface area contributed by atoms with Crippen molar-refractivity contribution in [3.8, 4) is 0 Å². The van der Waals surface area contributed by atoms with Gasteiger partial charge in [-0.15, -0.1) is 0 Å². The fourth-order valence-corrected chi connectivity index (χ4v) is 3.93. The van der Waals surface area contributed by atoms with E-state index in [-0.39, 0.29) is 11.9 Å². The Balaban J connectivity index is 4.95. The average Bonchev–Trinajstić information content (AvgIpc) is 2.81. The maximum atomic E-state index is 13.0. The molecule has 4 nitrogen and oxygen atoms in total. The molecule has 0 N–H and O–H groups in total. The minimum absolute atomic E-state index is 0.303. The van der Waals surface area contributed by atoms with Gasteiger partial charge in [0.1, 0.15) is 0 Å². The minimum atomic E-state index is -0.306. The van der Waals surface area contributed by atoms with Crippen molar-refractivity contribution in [1.82, 2.24) is 0 Å². The number of carbonyl (C=O) groups is 2. The highest BCUT2D eigenvalue weighted by Gasteiger charge is 2.22. The predicted octanol–water partition coefficient (Wildman–Crippen LogP) is 8.86. The van der Waals surface area contributed by atoms with Crippen LogP contribution in [0.15, 0.2) is 11.1 Å². The molecule has 0 aliphatic carbocycles. The molecule has 0 unspecified atom stereocenters. The van der Waals surface area contributed by atoms with E-state index < -0.39 is 0 Å². The van der Waals surface area contributed by atoms with Crippen molar-refractivity contribution in [2.45, 2.75) is 150 Å². The van der Waals surface area contributed by atoms with Crippen molar-refractivity contribution in [3.05, 3.63) is 11.1 Å². The number of esters is 2. The normalized spacial score (nSPS) is 11.9. The highest BCUT2D eigenvalue weighted by Crippen LogP contribution is 2.22. The molecule has 0 saturated heterocycles. The van der Waals surface area contributed by atoms with Crippen molar-refractivity contribution in [2.75, 3.05) is 13.2 Å². The van der Waals surface area contributed by atoms with E-state index in [1.165, 1.54) is 51.4 Å². The van der Waals surface area contributed by atoms with Crippen molar-refractivity contribution in [1.29, 1.82) is 0 Å². The second kappa shape index (κ2) is 23.8. The number of carbonyl (C=O) groups excluding carboxylic acids is 2. The fraction of sp³-hybridized carbons (Fsp3) is 0.862. The van der Waals surface area contributed by atoms with E-state index in [0.717, 1.165) is 57.8 Å². The van der Waals surface area contributed by atoms with Crippen molar-refractivity contribution in [3.63, 3.8) is 0 Å². The molecule has 0 saturated carbocycles. The number of ether oxygens (including phenoxy) is 2. The lowest BCUT2D eigenvalue weighted by Crippen LogP contribution is -2.18. The summed E-state index contributed by atoms with van der Waals surface area (Å²) in [6, 6.07) is 0. The Bertz CT molecular complexity index is 510.